The molecular formula is C15H23N3O. The molecule has 19 heavy (non-hydrogen) atoms. The molecule has 1 aromatic carbocycles. The summed E-state index contributed by atoms with van der Waals surface area (Å²) >= 11 is 0. The van der Waals surface area contributed by atoms with E-state index in [4.69, 9.17) is 5.73 Å². The molecule has 1 aromatic rings. The number of carbonyl (C=O) groups excluding carboxylic acids is 1. The smallest absolute Gasteiger partial charge is 0.251 e. The highest BCUT2D eigenvalue weighted by atomic mass is 16.1. The summed E-state index contributed by atoms with van der Waals surface area (Å²) in [4.78, 5) is 14.0. The number of nitrogen functional groups attached to an aromatic ring is 1. The van der Waals surface area contributed by atoms with Crippen molar-refractivity contribution in [2.45, 2.75) is 32.2 Å². The first-order valence-electron chi connectivity index (χ1n) is 7.03. The summed E-state index contributed by atoms with van der Waals surface area (Å²) in [7, 11) is 1.63. The minimum atomic E-state index is -0.0898. The zero-order valence-corrected chi connectivity index (χ0v) is 11.6. The first-order chi connectivity index (χ1) is 9.20. The third-order valence-corrected chi connectivity index (χ3v) is 3.73. The molecule has 2 rings (SSSR count). The van der Waals surface area contributed by atoms with Crippen molar-refractivity contribution in [1.29, 1.82) is 0 Å². The van der Waals surface area contributed by atoms with Crippen molar-refractivity contribution in [3.8, 4) is 0 Å². The lowest BCUT2D eigenvalue weighted by molar-refractivity contribution is 0.0963. The predicted octanol–water partition coefficient (Wildman–Crippen LogP) is 2.00. The minimum Gasteiger partial charge on any atom is -0.398 e. The Labute approximate surface area is 115 Å². The Bertz CT molecular complexity index is 437. The molecule has 4 heteroatoms. The number of likely N-dealkylation sites (tertiary alicyclic amines) is 1. The van der Waals surface area contributed by atoms with Crippen molar-refractivity contribution in [2.24, 2.45) is 0 Å². The third-order valence-electron chi connectivity index (χ3n) is 3.73. The Balaban J connectivity index is 2.05. The van der Waals surface area contributed by atoms with E-state index in [0.717, 1.165) is 25.2 Å². The van der Waals surface area contributed by atoms with Gasteiger partial charge in [-0.1, -0.05) is 18.9 Å². The highest BCUT2D eigenvalue weighted by Crippen LogP contribution is 2.19. The van der Waals surface area contributed by atoms with Gasteiger partial charge in [0.05, 0.1) is 0 Å². The highest BCUT2D eigenvalue weighted by molar-refractivity contribution is 5.95. The number of anilines is 1. The maximum Gasteiger partial charge on any atom is 0.251 e. The molecule has 1 amide bonds. The fourth-order valence-corrected chi connectivity index (χ4v) is 2.56. The van der Waals surface area contributed by atoms with Gasteiger partial charge in [0.1, 0.15) is 0 Å². The molecule has 1 saturated heterocycles. The van der Waals surface area contributed by atoms with E-state index in [1.807, 2.05) is 12.1 Å². The minimum absolute atomic E-state index is 0.0898. The van der Waals surface area contributed by atoms with Crippen LogP contribution in [0.2, 0.25) is 0 Å². The Kier molecular flexibility index (Phi) is 4.80. The molecule has 0 spiro atoms. The topological polar surface area (TPSA) is 58.4 Å². The van der Waals surface area contributed by atoms with E-state index in [-0.39, 0.29) is 5.91 Å². The summed E-state index contributed by atoms with van der Waals surface area (Å²) in [5, 5.41) is 2.61. The van der Waals surface area contributed by atoms with Gasteiger partial charge in [-0.3, -0.25) is 9.69 Å². The van der Waals surface area contributed by atoms with Gasteiger partial charge in [-0.05, 0) is 43.6 Å². The Morgan fingerprint density at radius 2 is 1.95 bits per heavy atom. The van der Waals surface area contributed by atoms with E-state index in [1.54, 1.807) is 13.1 Å². The van der Waals surface area contributed by atoms with Crippen LogP contribution in [0.5, 0.6) is 0 Å². The summed E-state index contributed by atoms with van der Waals surface area (Å²) < 4.78 is 0. The van der Waals surface area contributed by atoms with Crippen molar-refractivity contribution >= 4 is 11.6 Å². The molecule has 0 bridgehead atoms. The maximum atomic E-state index is 11.5. The molecule has 0 radical (unpaired) electrons. The zero-order chi connectivity index (χ0) is 13.7. The lowest BCUT2D eigenvalue weighted by Crippen LogP contribution is -2.24. The Morgan fingerprint density at radius 3 is 2.53 bits per heavy atom. The lowest BCUT2D eigenvalue weighted by Gasteiger charge is -2.20. The second-order valence-electron chi connectivity index (χ2n) is 5.18. The molecule has 0 atom stereocenters. The van der Waals surface area contributed by atoms with Gasteiger partial charge in [0.15, 0.2) is 0 Å². The second kappa shape index (κ2) is 6.57. The molecule has 1 aliphatic heterocycles. The van der Waals surface area contributed by atoms with Crippen LogP contribution in [0.4, 0.5) is 5.69 Å². The van der Waals surface area contributed by atoms with Crippen LogP contribution in [0.3, 0.4) is 0 Å². The van der Waals surface area contributed by atoms with Gasteiger partial charge >= 0.3 is 0 Å². The van der Waals surface area contributed by atoms with Crippen LogP contribution in [-0.4, -0.2) is 30.9 Å². The van der Waals surface area contributed by atoms with Gasteiger partial charge in [0.2, 0.25) is 0 Å². The van der Waals surface area contributed by atoms with E-state index in [2.05, 4.69) is 10.2 Å². The molecule has 0 aromatic heterocycles. The molecule has 0 unspecified atom stereocenters. The van der Waals surface area contributed by atoms with Crippen LogP contribution in [0, 0.1) is 0 Å². The van der Waals surface area contributed by atoms with E-state index in [1.165, 1.54) is 25.7 Å². The molecule has 1 fully saturated rings. The summed E-state index contributed by atoms with van der Waals surface area (Å²) in [5.41, 5.74) is 8.52. The summed E-state index contributed by atoms with van der Waals surface area (Å²) in [6.45, 7) is 3.19. The van der Waals surface area contributed by atoms with Crippen molar-refractivity contribution in [3.05, 3.63) is 29.3 Å². The van der Waals surface area contributed by atoms with E-state index < -0.39 is 0 Å². The van der Waals surface area contributed by atoms with Crippen molar-refractivity contribution in [1.82, 2.24) is 10.2 Å². The molecule has 4 nitrogen and oxygen atoms in total. The molecule has 104 valence electrons. The van der Waals surface area contributed by atoms with Crippen LogP contribution in [0.1, 0.15) is 41.6 Å². The van der Waals surface area contributed by atoms with Gasteiger partial charge < -0.3 is 11.1 Å². The molecule has 3 N–H and O–H groups in total. The molecule has 0 saturated carbocycles. The number of carbonyl (C=O) groups is 1. The third kappa shape index (κ3) is 3.70. The van der Waals surface area contributed by atoms with Gasteiger partial charge in [-0.25, -0.2) is 0 Å². The SMILES string of the molecule is CNC(=O)c1ccc(CN2CCCCCC2)c(N)c1. The Hall–Kier alpha value is -1.55. The highest BCUT2D eigenvalue weighted by Gasteiger charge is 2.12. The average molecular weight is 261 g/mol. The quantitative estimate of drug-likeness (QED) is 0.818. The summed E-state index contributed by atoms with van der Waals surface area (Å²) in [6, 6.07) is 5.60. The van der Waals surface area contributed by atoms with E-state index in [0.29, 0.717) is 11.3 Å². The number of nitrogens with one attached hydrogen (secondary N) is 1. The average Bonchev–Trinajstić information content (AvgIpc) is 2.68. The number of benzene rings is 1. The maximum absolute atomic E-state index is 11.5. The van der Waals surface area contributed by atoms with Crippen LogP contribution < -0.4 is 11.1 Å². The Morgan fingerprint density at radius 1 is 1.26 bits per heavy atom. The fourth-order valence-electron chi connectivity index (χ4n) is 2.56. The van der Waals surface area contributed by atoms with E-state index in [9.17, 15) is 4.79 Å². The number of hydrogen-bond acceptors (Lipinski definition) is 3. The van der Waals surface area contributed by atoms with Gasteiger partial charge in [0.25, 0.3) is 5.91 Å². The molecular weight excluding hydrogens is 238 g/mol. The standard InChI is InChI=1S/C15H23N3O/c1-17-15(19)12-6-7-13(14(16)10-12)11-18-8-4-2-3-5-9-18/h6-7,10H,2-5,8-9,11,16H2,1H3,(H,17,19). The lowest BCUT2D eigenvalue weighted by atomic mass is 10.1. The number of rotatable bonds is 3. The second-order valence-corrected chi connectivity index (χ2v) is 5.18. The molecule has 1 heterocycles. The van der Waals surface area contributed by atoms with Gasteiger partial charge in [-0.15, -0.1) is 0 Å². The van der Waals surface area contributed by atoms with Crippen molar-refractivity contribution in [2.75, 3.05) is 25.9 Å². The number of nitrogens with zero attached hydrogens (tertiary/aromatic N) is 1. The fraction of sp³-hybridized carbons (Fsp3) is 0.533. The normalized spacial score (nSPS) is 16.9. The van der Waals surface area contributed by atoms with Gasteiger partial charge in [0, 0.05) is 24.8 Å². The first kappa shape index (κ1) is 13.9. The van der Waals surface area contributed by atoms with Gasteiger partial charge in [-0.2, -0.15) is 0 Å². The predicted molar refractivity (Wildman–Crippen MR) is 78.0 cm³/mol. The first-order valence-corrected chi connectivity index (χ1v) is 7.03. The number of hydrogen-bond donors (Lipinski definition) is 2. The molecule has 1 aliphatic rings. The summed E-state index contributed by atoms with van der Waals surface area (Å²) in [6.07, 6.45) is 5.22. The van der Waals surface area contributed by atoms with Crippen molar-refractivity contribution in [3.63, 3.8) is 0 Å². The summed E-state index contributed by atoms with van der Waals surface area (Å²) in [5.74, 6) is -0.0898. The largest absolute Gasteiger partial charge is 0.398 e. The van der Waals surface area contributed by atoms with Crippen LogP contribution in [-0.2, 0) is 6.54 Å². The van der Waals surface area contributed by atoms with E-state index >= 15 is 0 Å². The van der Waals surface area contributed by atoms with Crippen LogP contribution in [0.15, 0.2) is 18.2 Å². The van der Waals surface area contributed by atoms with Crippen LogP contribution in [0.25, 0.3) is 0 Å². The van der Waals surface area contributed by atoms with Crippen molar-refractivity contribution < 1.29 is 4.79 Å². The molecule has 0 aliphatic carbocycles. The number of nitrogens with two attached hydrogens (primary N) is 1. The zero-order valence-electron chi connectivity index (χ0n) is 11.6. The number of amides is 1. The van der Waals surface area contributed by atoms with Crippen LogP contribution >= 0.6 is 0 Å². The monoisotopic (exact) mass is 261 g/mol.